The summed E-state index contributed by atoms with van der Waals surface area (Å²) in [5.41, 5.74) is 0. The van der Waals surface area contributed by atoms with Crippen LogP contribution in [-0.2, 0) is 4.79 Å². The Labute approximate surface area is 180 Å². The van der Waals surface area contributed by atoms with Crippen molar-refractivity contribution in [3.63, 3.8) is 0 Å². The highest BCUT2D eigenvalue weighted by Gasteiger charge is 2.27. The van der Waals surface area contributed by atoms with Crippen LogP contribution in [-0.4, -0.2) is 5.97 Å². The summed E-state index contributed by atoms with van der Waals surface area (Å²) < 4.78 is 31.5. The van der Waals surface area contributed by atoms with Gasteiger partial charge in [0.05, 0.1) is 5.92 Å². The third-order valence-electron chi connectivity index (χ3n) is 7.03. The van der Waals surface area contributed by atoms with Gasteiger partial charge in [0.15, 0.2) is 11.6 Å². The standard InChI is InChI=1S/C26H36F2O2/c1-2-5-19-8-10-20(11-9-19)6-3-4-7-21-12-14-22(15-13-21)26(29)30-23-16-17-24(27)25(28)18-23/h3,6,16-22H,2,4-5,7-15H2,1H3/b6-3+. The number of ether oxygens (including phenoxy) is 1. The van der Waals surface area contributed by atoms with Crippen molar-refractivity contribution in [1.82, 2.24) is 0 Å². The Bertz CT molecular complexity index is 699. The fourth-order valence-corrected chi connectivity index (χ4v) is 5.12. The molecule has 2 saturated carbocycles. The second-order valence-corrected chi connectivity index (χ2v) is 9.29. The van der Waals surface area contributed by atoms with Crippen LogP contribution in [0, 0.1) is 35.3 Å². The molecule has 0 N–H and O–H groups in total. The molecule has 166 valence electrons. The number of rotatable bonds is 8. The maximum atomic E-state index is 13.3. The highest BCUT2D eigenvalue weighted by Crippen LogP contribution is 2.34. The molecule has 0 bridgehead atoms. The lowest BCUT2D eigenvalue weighted by molar-refractivity contribution is -0.140. The van der Waals surface area contributed by atoms with Gasteiger partial charge in [0.1, 0.15) is 5.75 Å². The second-order valence-electron chi connectivity index (χ2n) is 9.29. The van der Waals surface area contributed by atoms with E-state index in [0.29, 0.717) is 5.92 Å². The first-order valence-electron chi connectivity index (χ1n) is 11.9. The average molecular weight is 419 g/mol. The molecule has 1 aromatic carbocycles. The van der Waals surface area contributed by atoms with Gasteiger partial charge in [-0.1, -0.05) is 31.9 Å². The molecule has 0 aliphatic heterocycles. The molecule has 2 aliphatic rings. The molecule has 1 aromatic rings. The molecule has 0 spiro atoms. The zero-order valence-electron chi connectivity index (χ0n) is 18.3. The van der Waals surface area contributed by atoms with Crippen molar-refractivity contribution in [2.45, 2.75) is 84.0 Å². The van der Waals surface area contributed by atoms with Crippen LogP contribution in [0.2, 0.25) is 0 Å². The summed E-state index contributed by atoms with van der Waals surface area (Å²) in [6.07, 6.45) is 19.1. The van der Waals surface area contributed by atoms with Gasteiger partial charge in [0, 0.05) is 6.07 Å². The topological polar surface area (TPSA) is 26.3 Å². The molecule has 0 radical (unpaired) electrons. The van der Waals surface area contributed by atoms with E-state index in [4.69, 9.17) is 4.74 Å². The Hall–Kier alpha value is -1.71. The summed E-state index contributed by atoms with van der Waals surface area (Å²) in [5, 5.41) is 0. The summed E-state index contributed by atoms with van der Waals surface area (Å²) in [6, 6.07) is 3.21. The number of esters is 1. The Balaban J connectivity index is 1.31. The van der Waals surface area contributed by atoms with Crippen molar-refractivity contribution in [1.29, 1.82) is 0 Å². The smallest absolute Gasteiger partial charge is 0.314 e. The lowest BCUT2D eigenvalue weighted by Gasteiger charge is -2.27. The molecule has 2 fully saturated rings. The van der Waals surface area contributed by atoms with E-state index < -0.39 is 11.6 Å². The van der Waals surface area contributed by atoms with Gasteiger partial charge in [-0.25, -0.2) is 8.78 Å². The summed E-state index contributed by atoms with van der Waals surface area (Å²) in [7, 11) is 0. The molecule has 0 heterocycles. The first-order valence-corrected chi connectivity index (χ1v) is 11.9. The van der Waals surface area contributed by atoms with Gasteiger partial charge >= 0.3 is 5.97 Å². The van der Waals surface area contributed by atoms with E-state index in [9.17, 15) is 13.6 Å². The van der Waals surface area contributed by atoms with E-state index in [2.05, 4.69) is 19.1 Å². The zero-order valence-corrected chi connectivity index (χ0v) is 18.3. The molecular formula is C26H36F2O2. The van der Waals surface area contributed by atoms with Crippen LogP contribution in [0.5, 0.6) is 5.75 Å². The minimum absolute atomic E-state index is 0.0786. The molecular weight excluding hydrogens is 382 g/mol. The highest BCUT2D eigenvalue weighted by atomic mass is 19.2. The summed E-state index contributed by atoms with van der Waals surface area (Å²) >= 11 is 0. The maximum Gasteiger partial charge on any atom is 0.314 e. The van der Waals surface area contributed by atoms with Gasteiger partial charge < -0.3 is 4.74 Å². The van der Waals surface area contributed by atoms with E-state index in [1.165, 1.54) is 51.0 Å². The Morgan fingerprint density at radius 2 is 1.63 bits per heavy atom. The lowest BCUT2D eigenvalue weighted by Crippen LogP contribution is -2.25. The fourth-order valence-electron chi connectivity index (χ4n) is 5.12. The predicted octanol–water partition coefficient (Wildman–Crippen LogP) is 7.62. The minimum Gasteiger partial charge on any atom is -0.426 e. The van der Waals surface area contributed by atoms with Crippen LogP contribution >= 0.6 is 0 Å². The Morgan fingerprint density at radius 1 is 0.967 bits per heavy atom. The van der Waals surface area contributed by atoms with Crippen LogP contribution in [0.3, 0.4) is 0 Å². The largest absolute Gasteiger partial charge is 0.426 e. The van der Waals surface area contributed by atoms with Crippen LogP contribution in [0.4, 0.5) is 8.78 Å². The van der Waals surface area contributed by atoms with Crippen molar-refractivity contribution in [2.24, 2.45) is 23.7 Å². The minimum atomic E-state index is -0.994. The molecule has 2 aliphatic carbocycles. The van der Waals surface area contributed by atoms with E-state index in [0.717, 1.165) is 56.1 Å². The SMILES string of the molecule is CCCC1CCC(/C=C/CCC2CCC(C(=O)Oc3ccc(F)c(F)c3)CC2)CC1. The number of halogens is 2. The molecule has 30 heavy (non-hydrogen) atoms. The quantitative estimate of drug-likeness (QED) is 0.246. The van der Waals surface area contributed by atoms with E-state index in [1.54, 1.807) is 0 Å². The Morgan fingerprint density at radius 3 is 2.30 bits per heavy atom. The third kappa shape index (κ3) is 6.92. The summed E-state index contributed by atoms with van der Waals surface area (Å²) in [6.45, 7) is 2.29. The fraction of sp³-hybridized carbons (Fsp3) is 0.654. The molecule has 0 aromatic heterocycles. The molecule has 0 amide bonds. The first kappa shape index (κ1) is 23.0. The van der Waals surface area contributed by atoms with Crippen molar-refractivity contribution in [2.75, 3.05) is 0 Å². The van der Waals surface area contributed by atoms with Gasteiger partial charge in [-0.3, -0.25) is 4.79 Å². The number of hydrogen-bond acceptors (Lipinski definition) is 2. The van der Waals surface area contributed by atoms with Crippen molar-refractivity contribution in [3.8, 4) is 5.75 Å². The molecule has 3 rings (SSSR count). The van der Waals surface area contributed by atoms with Crippen molar-refractivity contribution < 1.29 is 18.3 Å². The van der Waals surface area contributed by atoms with Crippen LogP contribution in [0.25, 0.3) is 0 Å². The normalized spacial score (nSPS) is 27.3. The lowest BCUT2D eigenvalue weighted by atomic mass is 9.79. The second kappa shape index (κ2) is 11.6. The van der Waals surface area contributed by atoms with Gasteiger partial charge in [0.2, 0.25) is 0 Å². The van der Waals surface area contributed by atoms with Crippen molar-refractivity contribution >= 4 is 5.97 Å². The summed E-state index contributed by atoms with van der Waals surface area (Å²) in [5.74, 6) is 0.0986. The van der Waals surface area contributed by atoms with Crippen LogP contribution < -0.4 is 4.74 Å². The number of carbonyl (C=O) groups excluding carboxylic acids is 1. The van der Waals surface area contributed by atoms with E-state index in [1.807, 2.05) is 0 Å². The third-order valence-corrected chi connectivity index (χ3v) is 7.03. The van der Waals surface area contributed by atoms with Gasteiger partial charge in [-0.05, 0) is 94.1 Å². The molecule has 4 heteroatoms. The number of hydrogen-bond donors (Lipinski definition) is 0. The predicted molar refractivity (Wildman–Crippen MR) is 116 cm³/mol. The Kier molecular flexibility index (Phi) is 8.89. The molecule has 0 unspecified atom stereocenters. The summed E-state index contributed by atoms with van der Waals surface area (Å²) in [4.78, 5) is 12.3. The first-order chi connectivity index (χ1) is 14.5. The van der Waals surface area contributed by atoms with Gasteiger partial charge in [-0.2, -0.15) is 0 Å². The molecule has 0 atom stereocenters. The highest BCUT2D eigenvalue weighted by molar-refractivity contribution is 5.75. The molecule has 0 saturated heterocycles. The average Bonchev–Trinajstić information content (AvgIpc) is 2.75. The van der Waals surface area contributed by atoms with Crippen LogP contribution in [0.15, 0.2) is 30.4 Å². The van der Waals surface area contributed by atoms with Gasteiger partial charge in [0.25, 0.3) is 0 Å². The monoisotopic (exact) mass is 418 g/mol. The maximum absolute atomic E-state index is 13.3. The van der Waals surface area contributed by atoms with Crippen LogP contribution in [0.1, 0.15) is 84.0 Å². The molecule has 2 nitrogen and oxygen atoms in total. The number of carbonyl (C=O) groups is 1. The van der Waals surface area contributed by atoms with Crippen molar-refractivity contribution in [3.05, 3.63) is 42.0 Å². The van der Waals surface area contributed by atoms with E-state index in [-0.39, 0.29) is 17.6 Å². The van der Waals surface area contributed by atoms with Gasteiger partial charge in [-0.15, -0.1) is 0 Å². The number of allylic oxidation sites excluding steroid dienone is 2. The van der Waals surface area contributed by atoms with E-state index >= 15 is 0 Å². The number of benzene rings is 1. The zero-order chi connectivity index (χ0) is 21.3.